The second-order valence-electron chi connectivity index (χ2n) is 7.67. The van der Waals surface area contributed by atoms with Gasteiger partial charge in [-0.15, -0.1) is 0 Å². The maximum atomic E-state index is 11.2. The number of methoxy groups -OCH3 is 1. The van der Waals surface area contributed by atoms with E-state index < -0.39 is 6.09 Å². The van der Waals surface area contributed by atoms with E-state index in [0.717, 1.165) is 46.6 Å². The summed E-state index contributed by atoms with van der Waals surface area (Å²) in [6.45, 7) is 6.95. The van der Waals surface area contributed by atoms with E-state index in [-0.39, 0.29) is 11.5 Å². The number of rotatable bonds is 6. The number of fused-ring (bicyclic) bond motifs is 1. The molecule has 3 rings (SSSR count). The zero-order valence-corrected chi connectivity index (χ0v) is 16.3. The smallest absolute Gasteiger partial charge is 0.405 e. The second kappa shape index (κ2) is 7.51. The highest BCUT2D eigenvalue weighted by atomic mass is 16.5. The first kappa shape index (κ1) is 19.1. The molecule has 1 aliphatic rings. The van der Waals surface area contributed by atoms with Gasteiger partial charge in [-0.05, 0) is 59.2 Å². The molecule has 1 aliphatic carbocycles. The average Bonchev–Trinajstić information content (AvgIpc) is 2.88. The van der Waals surface area contributed by atoms with E-state index >= 15 is 0 Å². The molecule has 0 bridgehead atoms. The van der Waals surface area contributed by atoms with Gasteiger partial charge in [0.25, 0.3) is 0 Å². The van der Waals surface area contributed by atoms with Gasteiger partial charge in [-0.1, -0.05) is 32.9 Å². The van der Waals surface area contributed by atoms with E-state index in [9.17, 15) is 9.90 Å². The second-order valence-corrected chi connectivity index (χ2v) is 7.67. The lowest BCUT2D eigenvalue weighted by Gasteiger charge is -2.27. The van der Waals surface area contributed by atoms with Crippen LogP contribution >= 0.6 is 0 Å². The molecular weight excluding hydrogens is 342 g/mol. The minimum Gasteiger partial charge on any atom is -0.496 e. The first-order chi connectivity index (χ1) is 12.9. The fourth-order valence-corrected chi connectivity index (χ4v) is 3.82. The molecule has 1 unspecified atom stereocenters. The van der Waals surface area contributed by atoms with Crippen LogP contribution in [-0.2, 0) is 6.42 Å². The van der Waals surface area contributed by atoms with Crippen molar-refractivity contribution in [2.24, 2.45) is 5.41 Å². The highest BCUT2D eigenvalue weighted by molar-refractivity contribution is 5.74. The molecule has 2 N–H and O–H groups in total. The van der Waals surface area contributed by atoms with E-state index in [1.807, 2.05) is 30.3 Å². The Hall–Kier alpha value is -2.69. The van der Waals surface area contributed by atoms with Gasteiger partial charge >= 0.3 is 6.09 Å². The molecule has 5 heteroatoms. The predicted molar refractivity (Wildman–Crippen MR) is 106 cm³/mol. The van der Waals surface area contributed by atoms with Gasteiger partial charge < -0.3 is 19.9 Å². The van der Waals surface area contributed by atoms with Crippen LogP contribution in [0.15, 0.2) is 36.4 Å². The van der Waals surface area contributed by atoms with Gasteiger partial charge in [-0.25, -0.2) is 4.79 Å². The molecule has 144 valence electrons. The van der Waals surface area contributed by atoms with Crippen molar-refractivity contribution in [3.8, 4) is 22.6 Å². The predicted octanol–water partition coefficient (Wildman–Crippen LogP) is 5.04. The van der Waals surface area contributed by atoms with Crippen molar-refractivity contribution in [3.63, 3.8) is 0 Å². The SMILES string of the molecule is CCCOc1ccc(-c2cc3c(cc2OC)C(NC(=O)O)C(C)(C)C3)cc1. The molecule has 1 atom stereocenters. The Morgan fingerprint density at radius 2 is 1.96 bits per heavy atom. The molecule has 1 amide bonds. The largest absolute Gasteiger partial charge is 0.496 e. The molecule has 0 heterocycles. The number of hydrogen-bond acceptors (Lipinski definition) is 3. The van der Waals surface area contributed by atoms with E-state index in [1.165, 1.54) is 0 Å². The average molecular weight is 369 g/mol. The minimum atomic E-state index is -1.01. The van der Waals surface area contributed by atoms with Crippen molar-refractivity contribution < 1.29 is 19.4 Å². The fourth-order valence-electron chi connectivity index (χ4n) is 3.82. The monoisotopic (exact) mass is 369 g/mol. The number of amides is 1. The number of benzene rings is 2. The number of carboxylic acid groups (broad SMARTS) is 1. The summed E-state index contributed by atoms with van der Waals surface area (Å²) in [5.41, 5.74) is 4.00. The Morgan fingerprint density at radius 3 is 2.56 bits per heavy atom. The summed E-state index contributed by atoms with van der Waals surface area (Å²) >= 11 is 0. The molecule has 0 fully saturated rings. The van der Waals surface area contributed by atoms with Gasteiger partial charge in [0.05, 0.1) is 19.8 Å². The van der Waals surface area contributed by atoms with Gasteiger partial charge in [-0.3, -0.25) is 0 Å². The lowest BCUT2D eigenvalue weighted by molar-refractivity contribution is 0.175. The lowest BCUT2D eigenvalue weighted by Crippen LogP contribution is -2.34. The molecule has 0 saturated carbocycles. The third kappa shape index (κ3) is 3.87. The number of carbonyl (C=O) groups is 1. The van der Waals surface area contributed by atoms with Crippen LogP contribution < -0.4 is 14.8 Å². The van der Waals surface area contributed by atoms with Crippen molar-refractivity contribution in [1.29, 1.82) is 0 Å². The Balaban J connectivity index is 1.98. The van der Waals surface area contributed by atoms with Crippen LogP contribution in [0.5, 0.6) is 11.5 Å². The van der Waals surface area contributed by atoms with Gasteiger partial charge in [0.2, 0.25) is 0 Å². The Morgan fingerprint density at radius 1 is 1.26 bits per heavy atom. The van der Waals surface area contributed by atoms with Crippen LogP contribution in [0.25, 0.3) is 11.1 Å². The van der Waals surface area contributed by atoms with Crippen LogP contribution in [-0.4, -0.2) is 24.9 Å². The quantitative estimate of drug-likeness (QED) is 0.748. The highest BCUT2D eigenvalue weighted by Gasteiger charge is 2.40. The lowest BCUT2D eigenvalue weighted by atomic mass is 9.85. The molecule has 0 spiro atoms. The van der Waals surface area contributed by atoms with E-state index in [2.05, 4.69) is 32.2 Å². The Kier molecular flexibility index (Phi) is 5.31. The van der Waals surface area contributed by atoms with E-state index in [0.29, 0.717) is 6.61 Å². The normalized spacial score (nSPS) is 17.3. The van der Waals surface area contributed by atoms with Crippen molar-refractivity contribution in [1.82, 2.24) is 5.32 Å². The zero-order valence-electron chi connectivity index (χ0n) is 16.3. The number of nitrogens with one attached hydrogen (secondary N) is 1. The van der Waals surface area contributed by atoms with Crippen molar-refractivity contribution in [2.75, 3.05) is 13.7 Å². The van der Waals surface area contributed by atoms with Crippen LogP contribution in [0.3, 0.4) is 0 Å². The number of ether oxygens (including phenoxy) is 2. The third-order valence-corrected chi connectivity index (χ3v) is 5.11. The molecule has 0 radical (unpaired) electrons. The molecule has 0 saturated heterocycles. The number of hydrogen-bond donors (Lipinski definition) is 2. The first-order valence-corrected chi connectivity index (χ1v) is 9.29. The van der Waals surface area contributed by atoms with Gasteiger partial charge in [0.15, 0.2) is 0 Å². The molecule has 2 aromatic carbocycles. The molecular formula is C22H27NO4. The summed E-state index contributed by atoms with van der Waals surface area (Å²) in [4.78, 5) is 11.2. The topological polar surface area (TPSA) is 67.8 Å². The Labute approximate surface area is 160 Å². The maximum Gasteiger partial charge on any atom is 0.405 e. The standard InChI is InChI=1S/C22H27NO4/c1-5-10-27-16-8-6-14(7-9-16)17-11-15-13-22(2,3)20(23-21(24)25)18(15)12-19(17)26-4/h6-9,11-12,20,23H,5,10,13H2,1-4H3,(H,24,25). The van der Waals surface area contributed by atoms with Crippen molar-refractivity contribution >= 4 is 6.09 Å². The third-order valence-electron chi connectivity index (χ3n) is 5.11. The van der Waals surface area contributed by atoms with E-state index in [4.69, 9.17) is 9.47 Å². The zero-order chi connectivity index (χ0) is 19.6. The minimum absolute atomic E-state index is 0.192. The van der Waals surface area contributed by atoms with Crippen LogP contribution in [0.4, 0.5) is 4.79 Å². The molecule has 0 aromatic heterocycles. The van der Waals surface area contributed by atoms with Crippen molar-refractivity contribution in [2.45, 2.75) is 39.7 Å². The first-order valence-electron chi connectivity index (χ1n) is 9.29. The summed E-state index contributed by atoms with van der Waals surface area (Å²) < 4.78 is 11.3. The Bertz CT molecular complexity index is 827. The summed E-state index contributed by atoms with van der Waals surface area (Å²) in [6, 6.07) is 11.8. The molecule has 0 aliphatic heterocycles. The van der Waals surface area contributed by atoms with Crippen LogP contribution in [0.2, 0.25) is 0 Å². The fraction of sp³-hybridized carbons (Fsp3) is 0.409. The molecule has 5 nitrogen and oxygen atoms in total. The molecule has 2 aromatic rings. The molecule has 27 heavy (non-hydrogen) atoms. The maximum absolute atomic E-state index is 11.2. The summed E-state index contributed by atoms with van der Waals surface area (Å²) in [6.07, 6.45) is 0.774. The van der Waals surface area contributed by atoms with E-state index in [1.54, 1.807) is 7.11 Å². The summed E-state index contributed by atoms with van der Waals surface area (Å²) in [5, 5.41) is 11.9. The summed E-state index contributed by atoms with van der Waals surface area (Å²) in [5.74, 6) is 1.60. The highest BCUT2D eigenvalue weighted by Crippen LogP contribution is 2.48. The van der Waals surface area contributed by atoms with Gasteiger partial charge in [0, 0.05) is 5.56 Å². The van der Waals surface area contributed by atoms with Gasteiger partial charge in [0.1, 0.15) is 11.5 Å². The summed E-state index contributed by atoms with van der Waals surface area (Å²) in [7, 11) is 1.64. The van der Waals surface area contributed by atoms with Crippen LogP contribution in [0, 0.1) is 5.41 Å². The van der Waals surface area contributed by atoms with Crippen molar-refractivity contribution in [3.05, 3.63) is 47.5 Å². The van der Waals surface area contributed by atoms with Gasteiger partial charge in [-0.2, -0.15) is 0 Å². The van der Waals surface area contributed by atoms with Crippen LogP contribution in [0.1, 0.15) is 44.4 Å².